The average molecular weight is 388 g/mol. The molecule has 152 valence electrons. The lowest BCUT2D eigenvalue weighted by Crippen LogP contribution is -2.35. The molecule has 0 aliphatic heterocycles. The Balaban J connectivity index is 1.97. The normalized spacial score (nSPS) is 11.6. The molecule has 28 heavy (non-hydrogen) atoms. The van der Waals surface area contributed by atoms with Gasteiger partial charge >= 0.3 is 5.97 Å². The summed E-state index contributed by atoms with van der Waals surface area (Å²) in [7, 11) is 3.12. The molecule has 2 aromatic rings. The zero-order valence-corrected chi connectivity index (χ0v) is 17.3. The third kappa shape index (κ3) is 4.65. The first-order chi connectivity index (χ1) is 13.3. The third-order valence-corrected chi connectivity index (χ3v) is 4.68. The predicted octanol–water partition coefficient (Wildman–Crippen LogP) is 3.00. The molecule has 0 saturated carbocycles. The van der Waals surface area contributed by atoms with Crippen molar-refractivity contribution in [2.45, 2.75) is 46.9 Å². The fraction of sp³-hybridized carbons (Fsp3) is 0.429. The van der Waals surface area contributed by atoms with Crippen LogP contribution >= 0.6 is 0 Å². The molecule has 1 N–H and O–H groups in total. The molecule has 7 heteroatoms. The second kappa shape index (κ2) is 9.30. The van der Waals surface area contributed by atoms with Crippen molar-refractivity contribution in [1.29, 1.82) is 0 Å². The van der Waals surface area contributed by atoms with Crippen molar-refractivity contribution in [3.8, 4) is 11.5 Å². The summed E-state index contributed by atoms with van der Waals surface area (Å²) in [4.78, 5) is 24.8. The van der Waals surface area contributed by atoms with Crippen molar-refractivity contribution < 1.29 is 23.8 Å². The summed E-state index contributed by atoms with van der Waals surface area (Å²) in [5.41, 5.74) is 3.15. The van der Waals surface area contributed by atoms with Gasteiger partial charge in [-0.3, -0.25) is 4.79 Å². The van der Waals surface area contributed by atoms with E-state index in [0.717, 1.165) is 23.5 Å². The summed E-state index contributed by atoms with van der Waals surface area (Å²) in [6.07, 6.45) is -0.905. The van der Waals surface area contributed by atoms with Crippen LogP contribution in [0.3, 0.4) is 0 Å². The van der Waals surface area contributed by atoms with Crippen LogP contribution < -0.4 is 14.8 Å². The number of aryl methyl sites for hydroxylation is 1. The van der Waals surface area contributed by atoms with Gasteiger partial charge in [-0.1, -0.05) is 6.07 Å². The Morgan fingerprint density at radius 2 is 1.79 bits per heavy atom. The van der Waals surface area contributed by atoms with Crippen LogP contribution in [0.25, 0.3) is 0 Å². The molecule has 1 amide bonds. The summed E-state index contributed by atoms with van der Waals surface area (Å²) < 4.78 is 17.8. The summed E-state index contributed by atoms with van der Waals surface area (Å²) >= 11 is 0. The molecule has 1 atom stereocenters. The van der Waals surface area contributed by atoms with E-state index in [1.54, 1.807) is 39.3 Å². The second-order valence-corrected chi connectivity index (χ2v) is 6.48. The van der Waals surface area contributed by atoms with Crippen LogP contribution in [0, 0.1) is 13.8 Å². The molecule has 7 nitrogen and oxygen atoms in total. The van der Waals surface area contributed by atoms with Gasteiger partial charge in [-0.25, -0.2) is 4.79 Å². The van der Waals surface area contributed by atoms with E-state index in [1.807, 2.05) is 31.4 Å². The Morgan fingerprint density at radius 1 is 1.11 bits per heavy atom. The molecule has 0 unspecified atom stereocenters. The van der Waals surface area contributed by atoms with E-state index in [0.29, 0.717) is 17.1 Å². The van der Waals surface area contributed by atoms with Gasteiger partial charge in [0.05, 0.1) is 19.8 Å². The van der Waals surface area contributed by atoms with Gasteiger partial charge in [0, 0.05) is 24.5 Å². The van der Waals surface area contributed by atoms with Crippen molar-refractivity contribution in [1.82, 2.24) is 9.88 Å². The van der Waals surface area contributed by atoms with Crippen molar-refractivity contribution in [3.63, 3.8) is 0 Å². The summed E-state index contributed by atoms with van der Waals surface area (Å²) in [5.74, 6) is 0.332. The number of amides is 1. The minimum absolute atomic E-state index is 0.283. The fourth-order valence-corrected chi connectivity index (χ4v) is 3.10. The maximum atomic E-state index is 12.4. The number of carbonyl (C=O) groups is 2. The van der Waals surface area contributed by atoms with Crippen LogP contribution in [0.4, 0.5) is 0 Å². The van der Waals surface area contributed by atoms with Gasteiger partial charge in [0.2, 0.25) is 0 Å². The molecule has 1 heterocycles. The SMILES string of the molecule is CCn1c(C)cc(C(=O)O[C@@H](C)C(=O)NCc2ccc(OC)c(OC)c2)c1C. The van der Waals surface area contributed by atoms with E-state index < -0.39 is 12.1 Å². The van der Waals surface area contributed by atoms with Crippen molar-refractivity contribution >= 4 is 11.9 Å². The molecule has 0 spiro atoms. The molecule has 2 rings (SSSR count). The molecule has 0 radical (unpaired) electrons. The van der Waals surface area contributed by atoms with Gasteiger partial charge in [-0.15, -0.1) is 0 Å². The first-order valence-electron chi connectivity index (χ1n) is 9.18. The van der Waals surface area contributed by atoms with Crippen LogP contribution in [0.15, 0.2) is 24.3 Å². The van der Waals surface area contributed by atoms with Crippen LogP contribution in [-0.2, 0) is 22.6 Å². The lowest BCUT2D eigenvalue weighted by molar-refractivity contribution is -0.129. The van der Waals surface area contributed by atoms with Gasteiger partial charge in [0.15, 0.2) is 17.6 Å². The highest BCUT2D eigenvalue weighted by Crippen LogP contribution is 2.27. The molecule has 0 bridgehead atoms. The third-order valence-electron chi connectivity index (χ3n) is 4.68. The monoisotopic (exact) mass is 388 g/mol. The maximum absolute atomic E-state index is 12.4. The second-order valence-electron chi connectivity index (χ2n) is 6.48. The molecule has 1 aromatic heterocycles. The largest absolute Gasteiger partial charge is 0.493 e. The molecule has 0 aliphatic rings. The number of methoxy groups -OCH3 is 2. The number of benzene rings is 1. The zero-order chi connectivity index (χ0) is 20.8. The Labute approximate surface area is 165 Å². The van der Waals surface area contributed by atoms with E-state index >= 15 is 0 Å². The molecule has 0 saturated heterocycles. The Kier molecular flexibility index (Phi) is 7.09. The van der Waals surface area contributed by atoms with Crippen LogP contribution in [0.1, 0.15) is 41.2 Å². The predicted molar refractivity (Wildman–Crippen MR) is 106 cm³/mol. The van der Waals surface area contributed by atoms with Gasteiger partial charge < -0.3 is 24.1 Å². The number of esters is 1. The quantitative estimate of drug-likeness (QED) is 0.704. The van der Waals surface area contributed by atoms with Gasteiger partial charge in [-0.2, -0.15) is 0 Å². The van der Waals surface area contributed by atoms with E-state index in [4.69, 9.17) is 14.2 Å². The first kappa shape index (κ1) is 21.3. The molecular weight excluding hydrogens is 360 g/mol. The summed E-state index contributed by atoms with van der Waals surface area (Å²) in [6, 6.07) is 7.18. The van der Waals surface area contributed by atoms with Crippen molar-refractivity contribution in [2.75, 3.05) is 14.2 Å². The van der Waals surface area contributed by atoms with E-state index in [1.165, 1.54) is 0 Å². The number of nitrogens with zero attached hydrogens (tertiary/aromatic N) is 1. The van der Waals surface area contributed by atoms with Crippen molar-refractivity contribution in [2.24, 2.45) is 0 Å². The number of ether oxygens (including phenoxy) is 3. The lowest BCUT2D eigenvalue weighted by Gasteiger charge is -2.14. The standard InChI is InChI=1S/C21H28N2O5/c1-7-23-13(2)10-17(14(23)3)21(25)28-15(4)20(24)22-12-16-8-9-18(26-5)19(11-16)27-6/h8-11,15H,7,12H2,1-6H3,(H,22,24)/t15-/m0/s1. The zero-order valence-electron chi connectivity index (χ0n) is 17.3. The highest BCUT2D eigenvalue weighted by Gasteiger charge is 2.22. The Bertz CT molecular complexity index is 857. The minimum atomic E-state index is -0.905. The lowest BCUT2D eigenvalue weighted by atomic mass is 10.2. The van der Waals surface area contributed by atoms with Crippen LogP contribution in [-0.4, -0.2) is 36.8 Å². The fourth-order valence-electron chi connectivity index (χ4n) is 3.10. The highest BCUT2D eigenvalue weighted by atomic mass is 16.5. The minimum Gasteiger partial charge on any atom is -0.493 e. The molecule has 1 aromatic carbocycles. The van der Waals surface area contributed by atoms with Crippen LogP contribution in [0.2, 0.25) is 0 Å². The summed E-state index contributed by atoms with van der Waals surface area (Å²) in [5, 5.41) is 2.77. The van der Waals surface area contributed by atoms with Crippen LogP contribution in [0.5, 0.6) is 11.5 Å². The maximum Gasteiger partial charge on any atom is 0.340 e. The van der Waals surface area contributed by atoms with Gasteiger partial charge in [-0.05, 0) is 51.5 Å². The number of rotatable bonds is 8. The highest BCUT2D eigenvalue weighted by molar-refractivity contribution is 5.93. The number of carbonyl (C=O) groups excluding carboxylic acids is 2. The number of hydrogen-bond donors (Lipinski definition) is 1. The van der Waals surface area contributed by atoms with Crippen molar-refractivity contribution in [3.05, 3.63) is 46.8 Å². The van der Waals surface area contributed by atoms with Gasteiger partial charge in [0.1, 0.15) is 0 Å². The Morgan fingerprint density at radius 3 is 2.36 bits per heavy atom. The molecular formula is C21H28N2O5. The molecule has 0 aliphatic carbocycles. The van der Waals surface area contributed by atoms with E-state index in [-0.39, 0.29) is 12.5 Å². The average Bonchev–Trinajstić information content (AvgIpc) is 2.98. The number of hydrogen-bond acceptors (Lipinski definition) is 5. The number of nitrogens with one attached hydrogen (secondary N) is 1. The number of aromatic nitrogens is 1. The molecule has 0 fully saturated rings. The smallest absolute Gasteiger partial charge is 0.340 e. The topological polar surface area (TPSA) is 78.8 Å². The summed E-state index contributed by atoms with van der Waals surface area (Å²) in [6.45, 7) is 8.43. The Hall–Kier alpha value is -2.96. The van der Waals surface area contributed by atoms with E-state index in [9.17, 15) is 9.59 Å². The first-order valence-corrected chi connectivity index (χ1v) is 9.18. The van der Waals surface area contributed by atoms with Gasteiger partial charge in [0.25, 0.3) is 5.91 Å². The van der Waals surface area contributed by atoms with E-state index in [2.05, 4.69) is 5.32 Å².